The Morgan fingerprint density at radius 3 is 2.65 bits per heavy atom. The molecule has 0 bridgehead atoms. The van der Waals surface area contributed by atoms with Crippen LogP contribution in [0, 0.1) is 5.41 Å². The van der Waals surface area contributed by atoms with Gasteiger partial charge in [0.1, 0.15) is 0 Å². The third-order valence-electron chi connectivity index (χ3n) is 4.35. The van der Waals surface area contributed by atoms with Gasteiger partial charge in [-0.05, 0) is 35.8 Å². The highest BCUT2D eigenvalue weighted by molar-refractivity contribution is 5.27. The van der Waals surface area contributed by atoms with Crippen molar-refractivity contribution >= 4 is 0 Å². The Balaban J connectivity index is 2.18. The Bertz CT molecular complexity index is 364. The van der Waals surface area contributed by atoms with Crippen molar-refractivity contribution in [3.63, 3.8) is 0 Å². The Hall–Kier alpha value is -0.820. The summed E-state index contributed by atoms with van der Waals surface area (Å²) in [5, 5.41) is 0. The van der Waals surface area contributed by atoms with E-state index in [4.69, 9.17) is 5.73 Å². The van der Waals surface area contributed by atoms with E-state index in [9.17, 15) is 0 Å². The summed E-state index contributed by atoms with van der Waals surface area (Å²) in [6.45, 7) is 4.59. The molecule has 0 aromatic heterocycles. The molecular formula is C16H25N. The van der Waals surface area contributed by atoms with Gasteiger partial charge in [-0.1, -0.05) is 57.4 Å². The number of hydrogen-bond donors (Lipinski definition) is 1. The normalized spacial score (nSPS) is 20.4. The van der Waals surface area contributed by atoms with Crippen LogP contribution < -0.4 is 5.73 Å². The lowest BCUT2D eigenvalue weighted by Crippen LogP contribution is -2.29. The lowest BCUT2D eigenvalue weighted by molar-refractivity contribution is 0.265. The Labute approximate surface area is 105 Å². The quantitative estimate of drug-likeness (QED) is 0.825. The number of benzene rings is 1. The summed E-state index contributed by atoms with van der Waals surface area (Å²) in [7, 11) is 0. The van der Waals surface area contributed by atoms with Crippen molar-refractivity contribution in [2.75, 3.05) is 0 Å². The minimum absolute atomic E-state index is 0.210. The Kier molecular flexibility index (Phi) is 3.88. The molecule has 2 N–H and O–H groups in total. The van der Waals surface area contributed by atoms with Crippen molar-refractivity contribution < 1.29 is 0 Å². The van der Waals surface area contributed by atoms with Gasteiger partial charge >= 0.3 is 0 Å². The van der Waals surface area contributed by atoms with Crippen LogP contribution in [0.25, 0.3) is 0 Å². The van der Waals surface area contributed by atoms with Crippen LogP contribution in [0.5, 0.6) is 0 Å². The molecule has 0 aliphatic heterocycles. The fraction of sp³-hybridized carbons (Fsp3) is 0.625. The second-order valence-corrected chi connectivity index (χ2v) is 5.83. The first-order chi connectivity index (χ1) is 8.15. The maximum absolute atomic E-state index is 6.50. The maximum Gasteiger partial charge on any atom is 0.0349 e. The smallest absolute Gasteiger partial charge is 0.0349 e. The van der Waals surface area contributed by atoms with E-state index in [1.54, 1.807) is 0 Å². The van der Waals surface area contributed by atoms with Gasteiger partial charge in [-0.2, -0.15) is 0 Å². The van der Waals surface area contributed by atoms with Crippen LogP contribution in [0.15, 0.2) is 24.3 Å². The lowest BCUT2D eigenvalue weighted by atomic mass is 9.77. The van der Waals surface area contributed by atoms with Gasteiger partial charge < -0.3 is 5.73 Å². The van der Waals surface area contributed by atoms with E-state index in [1.165, 1.54) is 43.2 Å². The van der Waals surface area contributed by atoms with E-state index in [0.29, 0.717) is 5.41 Å². The van der Waals surface area contributed by atoms with Gasteiger partial charge in [-0.25, -0.2) is 0 Å². The molecule has 1 nitrogen and oxygen atoms in total. The highest BCUT2D eigenvalue weighted by Crippen LogP contribution is 2.45. The molecule has 0 saturated heterocycles. The molecule has 1 aromatic rings. The third-order valence-corrected chi connectivity index (χ3v) is 4.35. The Morgan fingerprint density at radius 2 is 2.00 bits per heavy atom. The van der Waals surface area contributed by atoms with Crippen LogP contribution in [0.2, 0.25) is 0 Å². The zero-order valence-corrected chi connectivity index (χ0v) is 11.2. The van der Waals surface area contributed by atoms with Crippen LogP contribution in [0.3, 0.4) is 0 Å². The van der Waals surface area contributed by atoms with E-state index in [1.807, 2.05) is 0 Å². The molecule has 1 unspecified atom stereocenters. The highest BCUT2D eigenvalue weighted by atomic mass is 14.7. The van der Waals surface area contributed by atoms with Crippen LogP contribution in [-0.2, 0) is 6.42 Å². The summed E-state index contributed by atoms with van der Waals surface area (Å²) in [5.74, 6) is 0. The molecule has 1 aromatic carbocycles. The summed E-state index contributed by atoms with van der Waals surface area (Å²) in [4.78, 5) is 0. The monoisotopic (exact) mass is 231 g/mol. The van der Waals surface area contributed by atoms with E-state index in [2.05, 4.69) is 38.1 Å². The summed E-state index contributed by atoms with van der Waals surface area (Å²) in [6, 6.07) is 9.11. The molecule has 2 rings (SSSR count). The third kappa shape index (κ3) is 2.71. The van der Waals surface area contributed by atoms with Gasteiger partial charge in [-0.3, -0.25) is 0 Å². The fourth-order valence-electron chi connectivity index (χ4n) is 3.13. The average Bonchev–Trinajstić information content (AvgIpc) is 2.77. The van der Waals surface area contributed by atoms with E-state index in [-0.39, 0.29) is 6.04 Å². The molecule has 0 spiro atoms. The Morgan fingerprint density at radius 1 is 1.29 bits per heavy atom. The molecule has 1 heteroatoms. The summed E-state index contributed by atoms with van der Waals surface area (Å²) < 4.78 is 0. The fourth-order valence-corrected chi connectivity index (χ4v) is 3.13. The van der Waals surface area contributed by atoms with Crippen molar-refractivity contribution in [3.8, 4) is 0 Å². The predicted molar refractivity (Wildman–Crippen MR) is 73.9 cm³/mol. The summed E-state index contributed by atoms with van der Waals surface area (Å²) in [5.41, 5.74) is 9.59. The van der Waals surface area contributed by atoms with Crippen LogP contribution in [0.1, 0.15) is 63.1 Å². The van der Waals surface area contributed by atoms with Gasteiger partial charge in [0.15, 0.2) is 0 Å². The van der Waals surface area contributed by atoms with Crippen molar-refractivity contribution in [1.29, 1.82) is 0 Å². The van der Waals surface area contributed by atoms with Gasteiger partial charge in [-0.15, -0.1) is 0 Å². The van der Waals surface area contributed by atoms with E-state index < -0.39 is 0 Å². The highest BCUT2D eigenvalue weighted by Gasteiger charge is 2.35. The van der Waals surface area contributed by atoms with Crippen LogP contribution in [0.4, 0.5) is 0 Å². The van der Waals surface area contributed by atoms with Gasteiger partial charge in [0, 0.05) is 6.04 Å². The first-order valence-corrected chi connectivity index (χ1v) is 7.00. The van der Waals surface area contributed by atoms with Crippen molar-refractivity contribution in [3.05, 3.63) is 35.4 Å². The van der Waals surface area contributed by atoms with Crippen LogP contribution in [-0.4, -0.2) is 0 Å². The topological polar surface area (TPSA) is 26.0 Å². The summed E-state index contributed by atoms with van der Waals surface area (Å²) in [6.07, 6.45) is 7.63. The first-order valence-electron chi connectivity index (χ1n) is 7.00. The number of aryl methyl sites for hydroxylation is 1. The standard InChI is InChI=1S/C16H25N/c1-3-7-13-8-6-9-14(12-13)15(17)16(2)10-4-5-11-16/h6,8-9,12,15H,3-5,7,10-11,17H2,1-2H3. The molecule has 1 saturated carbocycles. The molecule has 0 amide bonds. The van der Waals surface area contributed by atoms with Gasteiger partial charge in [0.25, 0.3) is 0 Å². The SMILES string of the molecule is CCCc1cccc(C(N)C2(C)CCCC2)c1. The average molecular weight is 231 g/mol. The minimum atomic E-state index is 0.210. The van der Waals surface area contributed by atoms with Crippen molar-refractivity contribution in [2.45, 2.75) is 58.4 Å². The van der Waals surface area contributed by atoms with Gasteiger partial charge in [0.2, 0.25) is 0 Å². The molecule has 1 atom stereocenters. The van der Waals surface area contributed by atoms with Crippen molar-refractivity contribution in [1.82, 2.24) is 0 Å². The molecule has 1 aliphatic carbocycles. The molecule has 94 valence electrons. The summed E-state index contributed by atoms with van der Waals surface area (Å²) >= 11 is 0. The lowest BCUT2D eigenvalue weighted by Gasteiger charge is -2.31. The first kappa shape index (κ1) is 12.6. The number of nitrogens with two attached hydrogens (primary N) is 1. The van der Waals surface area contributed by atoms with Gasteiger partial charge in [0.05, 0.1) is 0 Å². The zero-order chi connectivity index (χ0) is 12.3. The molecule has 0 heterocycles. The molecular weight excluding hydrogens is 206 g/mol. The number of hydrogen-bond acceptors (Lipinski definition) is 1. The van der Waals surface area contributed by atoms with Crippen molar-refractivity contribution in [2.24, 2.45) is 11.1 Å². The second kappa shape index (κ2) is 5.22. The molecule has 1 aliphatic rings. The second-order valence-electron chi connectivity index (χ2n) is 5.83. The largest absolute Gasteiger partial charge is 0.323 e. The minimum Gasteiger partial charge on any atom is -0.323 e. The molecule has 0 radical (unpaired) electrons. The molecule has 1 fully saturated rings. The van der Waals surface area contributed by atoms with E-state index >= 15 is 0 Å². The van der Waals surface area contributed by atoms with E-state index in [0.717, 1.165) is 6.42 Å². The maximum atomic E-state index is 6.50. The number of rotatable bonds is 4. The zero-order valence-electron chi connectivity index (χ0n) is 11.2. The van der Waals surface area contributed by atoms with Crippen LogP contribution >= 0.6 is 0 Å². The molecule has 17 heavy (non-hydrogen) atoms. The predicted octanol–water partition coefficient (Wildman–Crippen LogP) is 4.22.